The number of fused-ring (bicyclic) bond motifs is 5. The first-order valence-electron chi connectivity index (χ1n) is 6.14. The van der Waals surface area contributed by atoms with Gasteiger partial charge in [0.05, 0.1) is 18.8 Å². The van der Waals surface area contributed by atoms with E-state index in [0.29, 0.717) is 29.4 Å². The number of hydrogen-bond donors (Lipinski definition) is 3. The van der Waals surface area contributed by atoms with E-state index in [2.05, 4.69) is 15.0 Å². The third-order valence-electron chi connectivity index (χ3n) is 4.04. The van der Waals surface area contributed by atoms with Gasteiger partial charge in [-0.1, -0.05) is 0 Å². The van der Waals surface area contributed by atoms with E-state index in [4.69, 9.17) is 10.5 Å². The number of nitrogen functional groups attached to an aromatic ring is 1. The van der Waals surface area contributed by atoms with E-state index < -0.39 is 6.10 Å². The minimum Gasteiger partial charge on any atom is -0.459 e. The molecule has 1 aliphatic heterocycles. The highest BCUT2D eigenvalue weighted by Crippen LogP contribution is 2.46. The fourth-order valence-electron chi connectivity index (χ4n) is 3.11. The van der Waals surface area contributed by atoms with Crippen molar-refractivity contribution in [3.63, 3.8) is 0 Å². The molecule has 4 N–H and O–H groups in total. The van der Waals surface area contributed by atoms with Crippen LogP contribution in [0.4, 0.5) is 5.82 Å². The summed E-state index contributed by atoms with van der Waals surface area (Å²) in [5, 5.41) is 19.3. The zero-order valence-corrected chi connectivity index (χ0v) is 9.97. The lowest BCUT2D eigenvalue weighted by Crippen LogP contribution is -2.30. The number of nitrogens with two attached hydrogens (primary N) is 1. The molecule has 19 heavy (non-hydrogen) atoms. The van der Waals surface area contributed by atoms with Crippen molar-refractivity contribution in [3.05, 3.63) is 6.33 Å². The molecule has 0 radical (unpaired) electrons. The minimum absolute atomic E-state index is 0.0681. The molecular weight excluding hydrogens is 250 g/mol. The summed E-state index contributed by atoms with van der Waals surface area (Å²) >= 11 is 0. The van der Waals surface area contributed by atoms with Crippen molar-refractivity contribution in [2.75, 3.05) is 12.3 Å². The summed E-state index contributed by atoms with van der Waals surface area (Å²) in [6.45, 7) is -0.109. The second-order valence-electron chi connectivity index (χ2n) is 4.99. The van der Waals surface area contributed by atoms with E-state index in [-0.39, 0.29) is 24.7 Å². The van der Waals surface area contributed by atoms with Gasteiger partial charge in [0, 0.05) is 5.92 Å². The Morgan fingerprint density at radius 1 is 1.47 bits per heavy atom. The lowest BCUT2D eigenvalue weighted by Gasteiger charge is -2.17. The van der Waals surface area contributed by atoms with E-state index in [1.165, 1.54) is 6.33 Å². The van der Waals surface area contributed by atoms with Crippen LogP contribution in [0, 0.1) is 5.92 Å². The predicted molar refractivity (Wildman–Crippen MR) is 64.4 cm³/mol. The van der Waals surface area contributed by atoms with Crippen molar-refractivity contribution in [2.24, 2.45) is 5.92 Å². The van der Waals surface area contributed by atoms with Crippen LogP contribution in [-0.2, 0) is 0 Å². The normalized spacial score (nSPS) is 32.3. The Morgan fingerprint density at radius 2 is 2.32 bits per heavy atom. The molecule has 8 nitrogen and oxygen atoms in total. The average molecular weight is 263 g/mol. The van der Waals surface area contributed by atoms with Gasteiger partial charge in [0.15, 0.2) is 17.0 Å². The number of aliphatic hydroxyl groups is 2. The summed E-state index contributed by atoms with van der Waals surface area (Å²) in [6, 6.07) is 0.365. The molecule has 2 aromatic rings. The summed E-state index contributed by atoms with van der Waals surface area (Å²) in [5.74, 6) is 0.0187. The zero-order chi connectivity index (χ0) is 13.1. The molecule has 4 atom stereocenters. The number of aliphatic hydroxyl groups excluding tert-OH is 2. The molecule has 0 aromatic carbocycles. The average Bonchev–Trinajstić information content (AvgIpc) is 2.98. The Kier molecular flexibility index (Phi) is 2.04. The minimum atomic E-state index is -0.579. The molecule has 8 heteroatoms. The van der Waals surface area contributed by atoms with E-state index in [0.717, 1.165) is 0 Å². The van der Waals surface area contributed by atoms with Crippen LogP contribution in [0.25, 0.3) is 11.2 Å². The zero-order valence-electron chi connectivity index (χ0n) is 9.97. The summed E-state index contributed by atoms with van der Waals surface area (Å²) in [6.07, 6.45) is 1.06. The van der Waals surface area contributed by atoms with Gasteiger partial charge in [-0.2, -0.15) is 4.98 Å². The molecule has 1 aliphatic carbocycles. The van der Waals surface area contributed by atoms with E-state index in [1.807, 2.05) is 4.57 Å². The number of nitrogens with zero attached hydrogens (tertiary/aromatic N) is 4. The predicted octanol–water partition coefficient (Wildman–Crippen LogP) is -0.916. The third kappa shape index (κ3) is 1.27. The Hall–Kier alpha value is -1.93. The number of hydrogen-bond acceptors (Lipinski definition) is 7. The van der Waals surface area contributed by atoms with Gasteiger partial charge in [-0.25, -0.2) is 9.97 Å². The quantitative estimate of drug-likeness (QED) is 0.609. The molecule has 0 unspecified atom stereocenters. The highest BCUT2D eigenvalue weighted by Gasteiger charge is 2.50. The molecule has 0 bridgehead atoms. The number of aromatic nitrogens is 4. The number of imidazole rings is 1. The highest BCUT2D eigenvalue weighted by molar-refractivity contribution is 5.82. The largest absolute Gasteiger partial charge is 0.459 e. The van der Waals surface area contributed by atoms with Crippen molar-refractivity contribution in [2.45, 2.75) is 24.7 Å². The molecular formula is C11H13N5O3. The fourth-order valence-corrected chi connectivity index (χ4v) is 3.11. The van der Waals surface area contributed by atoms with Gasteiger partial charge in [0.2, 0.25) is 0 Å². The summed E-state index contributed by atoms with van der Waals surface area (Å²) in [4.78, 5) is 12.4. The number of ether oxygens (including phenoxy) is 1. The van der Waals surface area contributed by atoms with Gasteiger partial charge in [-0.15, -0.1) is 0 Å². The third-order valence-corrected chi connectivity index (χ3v) is 4.04. The maximum Gasteiger partial charge on any atom is 0.299 e. The first-order valence-corrected chi connectivity index (χ1v) is 6.14. The SMILES string of the molecule is Nc1ncnc2c1nc1n2[C@@H]2C[C@@H](O)[C@H](CO)[C@@H]2O1. The van der Waals surface area contributed by atoms with E-state index in [1.54, 1.807) is 0 Å². The molecule has 3 heterocycles. The molecule has 4 rings (SSSR count). The molecule has 2 aliphatic rings. The van der Waals surface area contributed by atoms with Crippen molar-refractivity contribution >= 4 is 17.0 Å². The Morgan fingerprint density at radius 3 is 3.11 bits per heavy atom. The lowest BCUT2D eigenvalue weighted by atomic mass is 10.1. The van der Waals surface area contributed by atoms with Crippen LogP contribution in [0.1, 0.15) is 12.5 Å². The molecule has 2 aromatic heterocycles. The summed E-state index contributed by atoms with van der Waals surface area (Å²) < 4.78 is 7.60. The molecule has 100 valence electrons. The van der Waals surface area contributed by atoms with E-state index in [9.17, 15) is 10.2 Å². The van der Waals surface area contributed by atoms with Crippen molar-refractivity contribution in [1.82, 2.24) is 19.5 Å². The lowest BCUT2D eigenvalue weighted by molar-refractivity contribution is 0.0412. The molecule has 1 saturated carbocycles. The topological polar surface area (TPSA) is 119 Å². The van der Waals surface area contributed by atoms with Crippen LogP contribution >= 0.6 is 0 Å². The second-order valence-corrected chi connectivity index (χ2v) is 4.99. The first kappa shape index (κ1) is 10.9. The van der Waals surface area contributed by atoms with Gasteiger partial charge in [0.25, 0.3) is 6.01 Å². The number of rotatable bonds is 1. The van der Waals surface area contributed by atoms with Crippen molar-refractivity contribution in [1.29, 1.82) is 0 Å². The Balaban J connectivity index is 1.87. The van der Waals surface area contributed by atoms with Crippen LogP contribution in [0.5, 0.6) is 6.01 Å². The highest BCUT2D eigenvalue weighted by atomic mass is 16.5. The van der Waals surface area contributed by atoms with Crippen LogP contribution in [-0.4, -0.2) is 48.5 Å². The maximum atomic E-state index is 9.95. The summed E-state index contributed by atoms with van der Waals surface area (Å²) in [5.41, 5.74) is 6.89. The van der Waals surface area contributed by atoms with Gasteiger partial charge in [-0.05, 0) is 6.42 Å². The van der Waals surface area contributed by atoms with Crippen LogP contribution in [0.15, 0.2) is 6.33 Å². The molecule has 0 amide bonds. The molecule has 1 fully saturated rings. The smallest absolute Gasteiger partial charge is 0.299 e. The van der Waals surface area contributed by atoms with Crippen LogP contribution in [0.3, 0.4) is 0 Å². The fraction of sp³-hybridized carbons (Fsp3) is 0.545. The molecule has 0 spiro atoms. The first-order chi connectivity index (χ1) is 9.20. The maximum absolute atomic E-state index is 9.95. The van der Waals surface area contributed by atoms with Crippen molar-refractivity contribution < 1.29 is 14.9 Å². The van der Waals surface area contributed by atoms with Gasteiger partial charge in [0.1, 0.15) is 12.4 Å². The Labute approximate surface area is 107 Å². The Bertz CT molecular complexity index is 657. The van der Waals surface area contributed by atoms with Gasteiger partial charge < -0.3 is 20.7 Å². The van der Waals surface area contributed by atoms with Crippen LogP contribution in [0.2, 0.25) is 0 Å². The molecule has 0 saturated heterocycles. The van der Waals surface area contributed by atoms with Gasteiger partial charge in [-0.3, -0.25) is 4.57 Å². The second kappa shape index (κ2) is 3.55. The standard InChI is InChI=1S/C11H13N5O3/c12-9-7-10(14-3-13-9)16-5-1-6(18)4(2-17)8(5)19-11(16)15-7/h3-6,8,17-18H,1-2H2,(H2,12,13,14)/t4-,5+,6+,8-/m0/s1. The van der Waals surface area contributed by atoms with Crippen molar-refractivity contribution in [3.8, 4) is 6.01 Å². The number of anilines is 1. The monoisotopic (exact) mass is 263 g/mol. The summed E-state index contributed by atoms with van der Waals surface area (Å²) in [7, 11) is 0. The van der Waals surface area contributed by atoms with Gasteiger partial charge >= 0.3 is 0 Å². The van der Waals surface area contributed by atoms with Crippen LogP contribution < -0.4 is 10.5 Å². The van der Waals surface area contributed by atoms with E-state index >= 15 is 0 Å².